The van der Waals surface area contributed by atoms with Gasteiger partial charge in [0.05, 0.1) is 11.7 Å². The number of nitrogens with zero attached hydrogens (tertiary/aromatic N) is 2. The van der Waals surface area contributed by atoms with Gasteiger partial charge in [0.1, 0.15) is 13.2 Å². The number of nitrogens with one attached hydrogen (secondary N) is 1. The summed E-state index contributed by atoms with van der Waals surface area (Å²) in [6, 6.07) is 5.85. The molecular formula is C21H29N3O3. The first kappa shape index (κ1) is 19.3. The number of aryl methyl sites for hydroxylation is 2. The van der Waals surface area contributed by atoms with E-state index >= 15 is 0 Å². The molecule has 0 bridgehead atoms. The van der Waals surface area contributed by atoms with Gasteiger partial charge in [-0.05, 0) is 49.4 Å². The predicted octanol–water partition coefficient (Wildman–Crippen LogP) is 3.25. The first-order valence-corrected chi connectivity index (χ1v) is 9.54. The van der Waals surface area contributed by atoms with Gasteiger partial charge >= 0.3 is 0 Å². The maximum Gasteiger partial charge on any atom is 0.220 e. The van der Waals surface area contributed by atoms with Crippen LogP contribution in [0.1, 0.15) is 48.8 Å². The van der Waals surface area contributed by atoms with E-state index in [-0.39, 0.29) is 17.9 Å². The largest absolute Gasteiger partial charge is 0.486 e. The average molecular weight is 371 g/mol. The van der Waals surface area contributed by atoms with Crippen molar-refractivity contribution in [3.8, 4) is 11.5 Å². The molecule has 1 atom stereocenters. The second-order valence-electron chi connectivity index (χ2n) is 7.47. The van der Waals surface area contributed by atoms with Gasteiger partial charge in [0.15, 0.2) is 11.5 Å². The highest BCUT2D eigenvalue weighted by Gasteiger charge is 2.22. The second-order valence-corrected chi connectivity index (χ2v) is 7.47. The lowest BCUT2D eigenvalue weighted by Crippen LogP contribution is -2.32. The van der Waals surface area contributed by atoms with Crippen LogP contribution in [0.5, 0.6) is 11.5 Å². The molecule has 0 aliphatic carbocycles. The summed E-state index contributed by atoms with van der Waals surface area (Å²) in [6.45, 7) is 9.38. The van der Waals surface area contributed by atoms with Crippen LogP contribution in [0.15, 0.2) is 18.2 Å². The molecule has 1 amide bonds. The predicted molar refractivity (Wildman–Crippen MR) is 104 cm³/mol. The van der Waals surface area contributed by atoms with E-state index in [1.807, 2.05) is 43.8 Å². The van der Waals surface area contributed by atoms with E-state index in [4.69, 9.17) is 9.47 Å². The van der Waals surface area contributed by atoms with Crippen molar-refractivity contribution in [3.05, 3.63) is 40.7 Å². The molecule has 2 heterocycles. The Morgan fingerprint density at radius 3 is 2.56 bits per heavy atom. The zero-order valence-electron chi connectivity index (χ0n) is 16.8. The minimum absolute atomic E-state index is 0.0474. The van der Waals surface area contributed by atoms with Gasteiger partial charge in [0, 0.05) is 19.2 Å². The Balaban J connectivity index is 1.68. The fourth-order valence-corrected chi connectivity index (χ4v) is 3.55. The zero-order valence-corrected chi connectivity index (χ0v) is 16.8. The Kier molecular flexibility index (Phi) is 5.73. The molecule has 1 aromatic heterocycles. The van der Waals surface area contributed by atoms with Crippen molar-refractivity contribution in [1.29, 1.82) is 0 Å². The summed E-state index contributed by atoms with van der Waals surface area (Å²) in [6.07, 6.45) is 1.14. The summed E-state index contributed by atoms with van der Waals surface area (Å²) in [5, 5.41) is 7.62. The van der Waals surface area contributed by atoms with E-state index in [1.54, 1.807) is 0 Å². The van der Waals surface area contributed by atoms with Crippen molar-refractivity contribution in [3.63, 3.8) is 0 Å². The van der Waals surface area contributed by atoms with E-state index < -0.39 is 0 Å². The van der Waals surface area contributed by atoms with Crippen molar-refractivity contribution in [1.82, 2.24) is 15.1 Å². The molecule has 0 radical (unpaired) electrons. The van der Waals surface area contributed by atoms with Gasteiger partial charge in [-0.1, -0.05) is 19.9 Å². The summed E-state index contributed by atoms with van der Waals surface area (Å²) in [5.41, 5.74) is 4.31. The Labute approximate surface area is 160 Å². The molecule has 0 saturated carbocycles. The standard InChI is InChI=1S/C21H29N3O3/c1-13(2)21(16-6-8-18-19(12-16)27-11-10-26-18)22-20(25)9-7-17-14(3)23-24(5)15(17)4/h6,8,12-13,21H,7,9-11H2,1-5H3,(H,22,25). The SMILES string of the molecule is Cc1nn(C)c(C)c1CCC(=O)NC(c1ccc2c(c1)OCCO2)C(C)C. The number of hydrogen-bond acceptors (Lipinski definition) is 4. The van der Waals surface area contributed by atoms with Crippen LogP contribution in [-0.4, -0.2) is 28.9 Å². The molecule has 0 spiro atoms. The molecule has 27 heavy (non-hydrogen) atoms. The van der Waals surface area contributed by atoms with Gasteiger partial charge in [-0.25, -0.2) is 0 Å². The van der Waals surface area contributed by atoms with Gasteiger partial charge in [-0.2, -0.15) is 5.10 Å². The molecule has 0 fully saturated rings. The highest BCUT2D eigenvalue weighted by Crippen LogP contribution is 2.34. The van der Waals surface area contributed by atoms with Crippen LogP contribution in [0.25, 0.3) is 0 Å². The molecule has 1 aliphatic heterocycles. The normalized spacial score (nSPS) is 14.3. The van der Waals surface area contributed by atoms with Crippen molar-refractivity contribution >= 4 is 5.91 Å². The van der Waals surface area contributed by atoms with Crippen LogP contribution in [0.2, 0.25) is 0 Å². The lowest BCUT2D eigenvalue weighted by atomic mass is 9.95. The Morgan fingerprint density at radius 1 is 1.22 bits per heavy atom. The quantitative estimate of drug-likeness (QED) is 0.846. The number of carbonyl (C=O) groups excluding carboxylic acids is 1. The number of aromatic nitrogens is 2. The molecule has 1 aromatic carbocycles. The minimum Gasteiger partial charge on any atom is -0.486 e. The maximum atomic E-state index is 12.6. The van der Waals surface area contributed by atoms with E-state index in [2.05, 4.69) is 24.3 Å². The lowest BCUT2D eigenvalue weighted by Gasteiger charge is -2.25. The summed E-state index contributed by atoms with van der Waals surface area (Å²) < 4.78 is 13.1. The maximum absolute atomic E-state index is 12.6. The van der Waals surface area contributed by atoms with Crippen molar-refractivity contribution in [2.45, 2.75) is 46.6 Å². The van der Waals surface area contributed by atoms with E-state index in [0.717, 1.165) is 34.0 Å². The highest BCUT2D eigenvalue weighted by atomic mass is 16.6. The number of hydrogen-bond donors (Lipinski definition) is 1. The van der Waals surface area contributed by atoms with Crippen LogP contribution in [-0.2, 0) is 18.3 Å². The molecule has 6 heteroatoms. The Morgan fingerprint density at radius 2 is 1.93 bits per heavy atom. The number of ether oxygens (including phenoxy) is 2. The number of carbonyl (C=O) groups is 1. The molecule has 0 saturated heterocycles. The monoisotopic (exact) mass is 371 g/mol. The summed E-state index contributed by atoms with van der Waals surface area (Å²) in [4.78, 5) is 12.6. The van der Waals surface area contributed by atoms with Crippen molar-refractivity contribution < 1.29 is 14.3 Å². The van der Waals surface area contributed by atoms with Gasteiger partial charge in [0.2, 0.25) is 5.91 Å². The Bertz CT molecular complexity index is 826. The third-order valence-corrected chi connectivity index (χ3v) is 5.17. The summed E-state index contributed by atoms with van der Waals surface area (Å²) in [7, 11) is 1.93. The van der Waals surface area contributed by atoms with Gasteiger partial charge < -0.3 is 14.8 Å². The van der Waals surface area contributed by atoms with E-state index in [0.29, 0.717) is 26.1 Å². The summed E-state index contributed by atoms with van der Waals surface area (Å²) in [5.74, 6) is 1.83. The first-order valence-electron chi connectivity index (χ1n) is 9.54. The minimum atomic E-state index is -0.0654. The number of rotatable bonds is 6. The topological polar surface area (TPSA) is 65.4 Å². The van der Waals surface area contributed by atoms with Crippen LogP contribution < -0.4 is 14.8 Å². The molecule has 3 rings (SSSR count). The fraction of sp³-hybridized carbons (Fsp3) is 0.524. The van der Waals surface area contributed by atoms with Gasteiger partial charge in [-0.15, -0.1) is 0 Å². The van der Waals surface area contributed by atoms with Gasteiger partial charge in [-0.3, -0.25) is 9.48 Å². The highest BCUT2D eigenvalue weighted by molar-refractivity contribution is 5.77. The number of benzene rings is 1. The summed E-state index contributed by atoms with van der Waals surface area (Å²) >= 11 is 0. The molecule has 2 aromatic rings. The van der Waals surface area contributed by atoms with Crippen LogP contribution in [0, 0.1) is 19.8 Å². The Hall–Kier alpha value is -2.50. The molecule has 1 aliphatic rings. The fourth-order valence-electron chi connectivity index (χ4n) is 3.55. The lowest BCUT2D eigenvalue weighted by molar-refractivity contribution is -0.122. The smallest absolute Gasteiger partial charge is 0.220 e. The van der Waals surface area contributed by atoms with Crippen LogP contribution >= 0.6 is 0 Å². The average Bonchev–Trinajstić information content (AvgIpc) is 2.89. The van der Waals surface area contributed by atoms with Crippen LogP contribution in [0.3, 0.4) is 0 Å². The van der Waals surface area contributed by atoms with E-state index in [1.165, 1.54) is 0 Å². The van der Waals surface area contributed by atoms with Crippen molar-refractivity contribution in [2.75, 3.05) is 13.2 Å². The van der Waals surface area contributed by atoms with Crippen molar-refractivity contribution in [2.24, 2.45) is 13.0 Å². The van der Waals surface area contributed by atoms with Crippen LogP contribution in [0.4, 0.5) is 0 Å². The molecule has 6 nitrogen and oxygen atoms in total. The van der Waals surface area contributed by atoms with E-state index in [9.17, 15) is 4.79 Å². The third kappa shape index (κ3) is 4.26. The van der Waals surface area contributed by atoms with Gasteiger partial charge in [0.25, 0.3) is 0 Å². The number of amides is 1. The first-order chi connectivity index (χ1) is 12.9. The zero-order chi connectivity index (χ0) is 19.6. The third-order valence-electron chi connectivity index (χ3n) is 5.17. The molecular weight excluding hydrogens is 342 g/mol. The second kappa shape index (κ2) is 8.03. The number of fused-ring (bicyclic) bond motifs is 1. The molecule has 146 valence electrons. The molecule has 1 unspecified atom stereocenters. The molecule has 1 N–H and O–H groups in total.